The van der Waals surface area contributed by atoms with Crippen LogP contribution in [0.1, 0.15) is 24.9 Å². The summed E-state index contributed by atoms with van der Waals surface area (Å²) >= 11 is 0. The van der Waals surface area contributed by atoms with Gasteiger partial charge in [-0.15, -0.1) is 0 Å². The first-order valence-electron chi connectivity index (χ1n) is 5.96. The zero-order valence-electron chi connectivity index (χ0n) is 10.7. The molecule has 102 valence electrons. The van der Waals surface area contributed by atoms with Crippen molar-refractivity contribution >= 4 is 0 Å². The molecule has 3 N–H and O–H groups in total. The molecule has 1 aromatic carbocycles. The molecule has 0 radical (unpaired) electrons. The molecule has 1 rings (SSSR count). The fourth-order valence-corrected chi connectivity index (χ4v) is 1.66. The van der Waals surface area contributed by atoms with Gasteiger partial charge in [-0.3, -0.25) is 0 Å². The maximum atomic E-state index is 13.0. The predicted molar refractivity (Wildman–Crippen MR) is 67.1 cm³/mol. The number of halogens is 2. The monoisotopic (exact) mass is 258 g/mol. The van der Waals surface area contributed by atoms with Crippen LogP contribution in [0, 0.1) is 11.6 Å². The summed E-state index contributed by atoms with van der Waals surface area (Å²) in [6.45, 7) is 2.62. The van der Waals surface area contributed by atoms with Gasteiger partial charge in [0, 0.05) is 24.7 Å². The molecule has 0 aliphatic rings. The van der Waals surface area contributed by atoms with Gasteiger partial charge >= 0.3 is 0 Å². The van der Waals surface area contributed by atoms with E-state index in [0.717, 1.165) is 6.07 Å². The van der Waals surface area contributed by atoms with Crippen LogP contribution < -0.4 is 5.73 Å². The molecule has 0 bridgehead atoms. The van der Waals surface area contributed by atoms with Crippen molar-refractivity contribution in [3.05, 3.63) is 35.4 Å². The first-order chi connectivity index (χ1) is 8.43. The summed E-state index contributed by atoms with van der Waals surface area (Å²) in [5, 5.41) is 8.99. The number of nitrogens with two attached hydrogens (primary N) is 1. The molecule has 0 amide bonds. The van der Waals surface area contributed by atoms with E-state index < -0.39 is 17.7 Å². The van der Waals surface area contributed by atoms with Gasteiger partial charge in [-0.05, 0) is 38.1 Å². The summed E-state index contributed by atoms with van der Waals surface area (Å²) in [5.74, 6) is -1.23. The quantitative estimate of drug-likeness (QED) is 0.816. The molecule has 0 spiro atoms. The third-order valence-corrected chi connectivity index (χ3v) is 3.12. The predicted octanol–water partition coefficient (Wildman–Crippen LogP) is 1.67. The molecular formula is C13H20F2N2O. The zero-order valence-corrected chi connectivity index (χ0v) is 10.7. The Morgan fingerprint density at radius 2 is 1.83 bits per heavy atom. The highest BCUT2D eigenvalue weighted by Crippen LogP contribution is 2.17. The van der Waals surface area contributed by atoms with Gasteiger partial charge in [-0.1, -0.05) is 0 Å². The molecule has 0 saturated heterocycles. The van der Waals surface area contributed by atoms with Crippen molar-refractivity contribution < 1.29 is 13.9 Å². The minimum atomic E-state index is -0.613. The van der Waals surface area contributed by atoms with Gasteiger partial charge in [0.05, 0.1) is 6.61 Å². The largest absolute Gasteiger partial charge is 0.395 e. The molecule has 1 aromatic rings. The van der Waals surface area contributed by atoms with Crippen LogP contribution in [0.15, 0.2) is 18.2 Å². The van der Waals surface area contributed by atoms with Crippen molar-refractivity contribution in [1.82, 2.24) is 4.90 Å². The Kier molecular flexibility index (Phi) is 5.65. The van der Waals surface area contributed by atoms with Crippen molar-refractivity contribution in [2.75, 3.05) is 20.2 Å². The van der Waals surface area contributed by atoms with E-state index in [-0.39, 0.29) is 12.6 Å². The van der Waals surface area contributed by atoms with Gasteiger partial charge in [-0.25, -0.2) is 8.78 Å². The molecule has 0 aromatic heterocycles. The van der Waals surface area contributed by atoms with Crippen LogP contribution in [0.5, 0.6) is 0 Å². The molecule has 2 unspecified atom stereocenters. The third kappa shape index (κ3) is 4.33. The highest BCUT2D eigenvalue weighted by molar-refractivity contribution is 5.21. The average Bonchev–Trinajstić information content (AvgIpc) is 2.33. The van der Waals surface area contributed by atoms with E-state index in [1.807, 2.05) is 18.9 Å². The molecule has 18 heavy (non-hydrogen) atoms. The van der Waals surface area contributed by atoms with Crippen molar-refractivity contribution in [1.29, 1.82) is 0 Å². The number of aliphatic hydroxyl groups is 1. The Balaban J connectivity index is 2.57. The summed E-state index contributed by atoms with van der Waals surface area (Å²) in [5.41, 5.74) is 6.36. The molecule has 0 saturated carbocycles. The Labute approximate surface area is 106 Å². The second kappa shape index (κ2) is 6.78. The van der Waals surface area contributed by atoms with Crippen molar-refractivity contribution in [2.24, 2.45) is 5.73 Å². The van der Waals surface area contributed by atoms with Crippen LogP contribution >= 0.6 is 0 Å². The van der Waals surface area contributed by atoms with Crippen molar-refractivity contribution in [2.45, 2.75) is 25.4 Å². The molecule has 0 heterocycles. The van der Waals surface area contributed by atoms with Crippen molar-refractivity contribution in [3.63, 3.8) is 0 Å². The number of likely N-dealkylation sites (N-methyl/N-ethyl adjacent to an activating group) is 1. The SMILES string of the molecule is CC(CO)N(C)CCC(N)c1cc(F)cc(F)c1. The first kappa shape index (κ1) is 15.0. The molecule has 0 fully saturated rings. The van der Waals surface area contributed by atoms with E-state index in [1.54, 1.807) is 0 Å². The summed E-state index contributed by atoms with van der Waals surface area (Å²) in [7, 11) is 1.87. The summed E-state index contributed by atoms with van der Waals surface area (Å²) in [4.78, 5) is 1.95. The van der Waals surface area contributed by atoms with Gasteiger partial charge in [0.25, 0.3) is 0 Å². The fraction of sp³-hybridized carbons (Fsp3) is 0.538. The number of rotatable bonds is 6. The van der Waals surface area contributed by atoms with Crippen LogP contribution in [-0.4, -0.2) is 36.2 Å². The summed E-state index contributed by atoms with van der Waals surface area (Å²) in [6, 6.07) is 2.97. The van der Waals surface area contributed by atoms with Gasteiger partial charge in [0.1, 0.15) is 11.6 Å². The van der Waals surface area contributed by atoms with Gasteiger partial charge in [-0.2, -0.15) is 0 Å². The van der Waals surface area contributed by atoms with E-state index in [4.69, 9.17) is 10.8 Å². The second-order valence-corrected chi connectivity index (χ2v) is 4.61. The lowest BCUT2D eigenvalue weighted by Gasteiger charge is -2.24. The summed E-state index contributed by atoms with van der Waals surface area (Å²) < 4.78 is 26.1. The van der Waals surface area contributed by atoms with Crippen LogP contribution in [0.25, 0.3) is 0 Å². The van der Waals surface area contributed by atoms with Crippen LogP contribution in [0.3, 0.4) is 0 Å². The maximum absolute atomic E-state index is 13.0. The van der Waals surface area contributed by atoms with E-state index in [1.165, 1.54) is 12.1 Å². The molecule has 0 aliphatic carbocycles. The van der Waals surface area contributed by atoms with Crippen LogP contribution in [0.4, 0.5) is 8.78 Å². The van der Waals surface area contributed by atoms with E-state index >= 15 is 0 Å². The minimum Gasteiger partial charge on any atom is -0.395 e. The van der Waals surface area contributed by atoms with Crippen molar-refractivity contribution in [3.8, 4) is 0 Å². The van der Waals surface area contributed by atoms with Gasteiger partial charge < -0.3 is 15.7 Å². The number of hydrogen-bond donors (Lipinski definition) is 2. The zero-order chi connectivity index (χ0) is 13.7. The standard InChI is InChI=1S/C13H20F2N2O/c1-9(8-18)17(2)4-3-13(16)10-5-11(14)7-12(15)6-10/h5-7,9,13,18H,3-4,8,16H2,1-2H3. The lowest BCUT2D eigenvalue weighted by atomic mass is 10.0. The second-order valence-electron chi connectivity index (χ2n) is 4.61. The smallest absolute Gasteiger partial charge is 0.126 e. The minimum absolute atomic E-state index is 0.0430. The van der Waals surface area contributed by atoms with E-state index in [9.17, 15) is 8.78 Å². The summed E-state index contributed by atoms with van der Waals surface area (Å²) in [6.07, 6.45) is 0.573. The maximum Gasteiger partial charge on any atom is 0.126 e. The van der Waals surface area contributed by atoms with Gasteiger partial charge in [0.2, 0.25) is 0 Å². The molecule has 2 atom stereocenters. The Morgan fingerprint density at radius 1 is 1.28 bits per heavy atom. The molecule has 5 heteroatoms. The lowest BCUT2D eigenvalue weighted by Crippen LogP contribution is -2.34. The van der Waals surface area contributed by atoms with Crippen LogP contribution in [-0.2, 0) is 0 Å². The van der Waals surface area contributed by atoms with E-state index in [2.05, 4.69) is 0 Å². The highest BCUT2D eigenvalue weighted by atomic mass is 19.1. The normalized spacial score (nSPS) is 14.8. The molecular weight excluding hydrogens is 238 g/mol. The highest BCUT2D eigenvalue weighted by Gasteiger charge is 2.12. The average molecular weight is 258 g/mol. The lowest BCUT2D eigenvalue weighted by molar-refractivity contribution is 0.156. The Bertz CT molecular complexity index is 367. The number of benzene rings is 1. The third-order valence-electron chi connectivity index (χ3n) is 3.12. The number of aliphatic hydroxyl groups excluding tert-OH is 1. The molecule has 0 aliphatic heterocycles. The first-order valence-corrected chi connectivity index (χ1v) is 5.96. The molecule has 3 nitrogen and oxygen atoms in total. The topological polar surface area (TPSA) is 49.5 Å². The number of nitrogens with zero attached hydrogens (tertiary/aromatic N) is 1. The van der Waals surface area contributed by atoms with Gasteiger partial charge in [0.15, 0.2) is 0 Å². The fourth-order valence-electron chi connectivity index (χ4n) is 1.66. The van der Waals surface area contributed by atoms with E-state index in [0.29, 0.717) is 18.5 Å². The number of hydrogen-bond acceptors (Lipinski definition) is 3. The Hall–Kier alpha value is -1.04. The Morgan fingerprint density at radius 3 is 2.33 bits per heavy atom. The van der Waals surface area contributed by atoms with Crippen LogP contribution in [0.2, 0.25) is 0 Å².